The van der Waals surface area contributed by atoms with E-state index < -0.39 is 18.3 Å². The molecule has 1 fully saturated rings. The molecule has 3 N–H and O–H groups in total. The summed E-state index contributed by atoms with van der Waals surface area (Å²) in [5.74, 6) is 0.146. The van der Waals surface area contributed by atoms with E-state index in [1.165, 1.54) is 0 Å². The maximum absolute atomic E-state index is 9.66. The SMILES string of the molecule is [B]C[C@H](C)C1CC(O)C(O)(CO)CO1. The van der Waals surface area contributed by atoms with Crippen LogP contribution in [-0.4, -0.2) is 54.2 Å². The molecule has 5 heteroatoms. The second kappa shape index (κ2) is 4.62. The molecular formula is C9H17BO4. The van der Waals surface area contributed by atoms with E-state index in [0.29, 0.717) is 12.7 Å². The van der Waals surface area contributed by atoms with Crippen molar-refractivity contribution in [2.75, 3.05) is 13.2 Å². The third kappa shape index (κ3) is 2.28. The fourth-order valence-corrected chi connectivity index (χ4v) is 1.55. The minimum atomic E-state index is -1.51. The van der Waals surface area contributed by atoms with Gasteiger partial charge in [0.15, 0.2) is 0 Å². The fraction of sp³-hybridized carbons (Fsp3) is 1.00. The van der Waals surface area contributed by atoms with Crippen molar-refractivity contribution >= 4 is 7.85 Å². The van der Waals surface area contributed by atoms with Crippen molar-refractivity contribution in [1.82, 2.24) is 0 Å². The van der Waals surface area contributed by atoms with Crippen LogP contribution in [0.25, 0.3) is 0 Å². The first kappa shape index (κ1) is 12.0. The largest absolute Gasteiger partial charge is 0.393 e. The summed E-state index contributed by atoms with van der Waals surface area (Å²) < 4.78 is 5.36. The second-order valence-electron chi connectivity index (χ2n) is 4.08. The Balaban J connectivity index is 2.55. The van der Waals surface area contributed by atoms with Gasteiger partial charge in [-0.15, -0.1) is 0 Å². The van der Waals surface area contributed by atoms with E-state index in [-0.39, 0.29) is 18.6 Å². The van der Waals surface area contributed by atoms with Gasteiger partial charge in [0, 0.05) is 6.42 Å². The molecule has 0 aromatic rings. The zero-order valence-electron chi connectivity index (χ0n) is 8.39. The molecule has 0 aromatic heterocycles. The summed E-state index contributed by atoms with van der Waals surface area (Å²) in [6, 6.07) is 0. The maximum Gasteiger partial charge on any atom is 0.137 e. The molecule has 2 radical (unpaired) electrons. The van der Waals surface area contributed by atoms with Gasteiger partial charge in [0.25, 0.3) is 0 Å². The van der Waals surface area contributed by atoms with E-state index in [0.717, 1.165) is 0 Å². The van der Waals surface area contributed by atoms with Crippen LogP contribution < -0.4 is 0 Å². The molecule has 1 rings (SSSR count). The van der Waals surface area contributed by atoms with Crippen molar-refractivity contribution in [3.05, 3.63) is 0 Å². The topological polar surface area (TPSA) is 69.9 Å². The summed E-state index contributed by atoms with van der Waals surface area (Å²) in [7, 11) is 5.47. The second-order valence-corrected chi connectivity index (χ2v) is 4.08. The monoisotopic (exact) mass is 200 g/mol. The molecule has 1 saturated heterocycles. The minimum absolute atomic E-state index is 0.0420. The number of rotatable bonds is 3. The van der Waals surface area contributed by atoms with Gasteiger partial charge in [-0.3, -0.25) is 0 Å². The lowest BCUT2D eigenvalue weighted by molar-refractivity contribution is -0.205. The molecule has 4 nitrogen and oxygen atoms in total. The highest BCUT2D eigenvalue weighted by Crippen LogP contribution is 2.28. The molecular weight excluding hydrogens is 183 g/mol. The van der Waals surface area contributed by atoms with Crippen LogP contribution in [0.2, 0.25) is 6.32 Å². The summed E-state index contributed by atoms with van der Waals surface area (Å²) in [4.78, 5) is 0. The third-order valence-electron chi connectivity index (χ3n) is 2.90. The maximum atomic E-state index is 9.66. The van der Waals surface area contributed by atoms with Crippen LogP contribution in [0.1, 0.15) is 13.3 Å². The van der Waals surface area contributed by atoms with Gasteiger partial charge in [0.2, 0.25) is 0 Å². The highest BCUT2D eigenvalue weighted by Gasteiger charge is 2.42. The molecule has 1 aliphatic rings. The molecule has 1 aliphatic heterocycles. The molecule has 0 aliphatic carbocycles. The smallest absolute Gasteiger partial charge is 0.137 e. The molecule has 0 saturated carbocycles. The first-order valence-corrected chi connectivity index (χ1v) is 4.86. The average molecular weight is 200 g/mol. The molecule has 80 valence electrons. The van der Waals surface area contributed by atoms with Crippen LogP contribution in [0.5, 0.6) is 0 Å². The van der Waals surface area contributed by atoms with Gasteiger partial charge < -0.3 is 20.1 Å². The summed E-state index contributed by atoms with van der Waals surface area (Å²) in [6.07, 6.45) is -0.285. The number of hydrogen-bond acceptors (Lipinski definition) is 4. The fourth-order valence-electron chi connectivity index (χ4n) is 1.55. The summed E-state index contributed by atoms with van der Waals surface area (Å²) in [5, 5.41) is 28.2. The van der Waals surface area contributed by atoms with E-state index in [2.05, 4.69) is 0 Å². The van der Waals surface area contributed by atoms with Crippen LogP contribution >= 0.6 is 0 Å². The third-order valence-corrected chi connectivity index (χ3v) is 2.90. The van der Waals surface area contributed by atoms with Crippen molar-refractivity contribution in [1.29, 1.82) is 0 Å². The van der Waals surface area contributed by atoms with Crippen molar-refractivity contribution in [2.45, 2.75) is 37.5 Å². The van der Waals surface area contributed by atoms with Gasteiger partial charge in [0.1, 0.15) is 5.60 Å². The Hall–Kier alpha value is -0.0951. The first-order valence-electron chi connectivity index (χ1n) is 4.86. The van der Waals surface area contributed by atoms with E-state index in [1.807, 2.05) is 6.92 Å². The van der Waals surface area contributed by atoms with Crippen LogP contribution in [0.3, 0.4) is 0 Å². The van der Waals surface area contributed by atoms with Crippen molar-refractivity contribution in [3.63, 3.8) is 0 Å². The number of hydrogen-bond donors (Lipinski definition) is 3. The zero-order chi connectivity index (χ0) is 10.8. The molecule has 1 heterocycles. The van der Waals surface area contributed by atoms with Gasteiger partial charge >= 0.3 is 0 Å². The highest BCUT2D eigenvalue weighted by atomic mass is 16.5. The Morgan fingerprint density at radius 1 is 1.64 bits per heavy atom. The Kier molecular flexibility index (Phi) is 3.95. The molecule has 0 spiro atoms. The van der Waals surface area contributed by atoms with Gasteiger partial charge in [-0.1, -0.05) is 13.2 Å². The van der Waals surface area contributed by atoms with Crippen LogP contribution in [-0.2, 0) is 4.74 Å². The molecule has 4 atom stereocenters. The Labute approximate surface area is 85.3 Å². The Bertz CT molecular complexity index is 190. The molecule has 0 bridgehead atoms. The number of aliphatic hydroxyl groups excluding tert-OH is 2. The lowest BCUT2D eigenvalue weighted by Crippen LogP contribution is -2.56. The van der Waals surface area contributed by atoms with E-state index >= 15 is 0 Å². The average Bonchev–Trinajstić information content (AvgIpc) is 2.21. The lowest BCUT2D eigenvalue weighted by Gasteiger charge is -2.40. The normalized spacial score (nSPS) is 40.9. The van der Waals surface area contributed by atoms with Crippen LogP contribution in [0.4, 0.5) is 0 Å². The zero-order valence-corrected chi connectivity index (χ0v) is 8.39. The molecule has 0 amide bonds. The van der Waals surface area contributed by atoms with Gasteiger partial charge in [0.05, 0.1) is 33.3 Å². The lowest BCUT2D eigenvalue weighted by atomic mass is 9.82. The van der Waals surface area contributed by atoms with Crippen LogP contribution in [0, 0.1) is 5.92 Å². The molecule has 14 heavy (non-hydrogen) atoms. The molecule has 3 unspecified atom stereocenters. The van der Waals surface area contributed by atoms with E-state index in [1.54, 1.807) is 0 Å². The summed E-state index contributed by atoms with van der Waals surface area (Å²) in [5.41, 5.74) is -1.51. The van der Waals surface area contributed by atoms with Crippen molar-refractivity contribution < 1.29 is 20.1 Å². The van der Waals surface area contributed by atoms with Gasteiger partial charge in [-0.2, -0.15) is 0 Å². The highest BCUT2D eigenvalue weighted by molar-refractivity contribution is 6.08. The van der Waals surface area contributed by atoms with Crippen molar-refractivity contribution in [3.8, 4) is 0 Å². The van der Waals surface area contributed by atoms with Gasteiger partial charge in [-0.25, -0.2) is 0 Å². The quantitative estimate of drug-likeness (QED) is 0.515. The summed E-state index contributed by atoms with van der Waals surface area (Å²) in [6.45, 7) is 1.40. The van der Waals surface area contributed by atoms with E-state index in [4.69, 9.17) is 17.7 Å². The van der Waals surface area contributed by atoms with Gasteiger partial charge in [-0.05, 0) is 5.92 Å². The predicted molar refractivity (Wildman–Crippen MR) is 52.1 cm³/mol. The standard InChI is InChI=1S/C9H17BO4/c1-6(3-10)7-2-8(12)9(13,4-11)5-14-7/h6-8,11-13H,2-5H2,1H3/t6-,7?,8?,9?/m0/s1. The van der Waals surface area contributed by atoms with Crippen LogP contribution in [0.15, 0.2) is 0 Å². The summed E-state index contributed by atoms with van der Waals surface area (Å²) >= 11 is 0. The number of aliphatic hydroxyl groups is 3. The Morgan fingerprint density at radius 3 is 2.71 bits per heavy atom. The predicted octanol–water partition coefficient (Wildman–Crippen LogP) is -0.917. The molecule has 0 aromatic carbocycles. The number of ether oxygens (including phenoxy) is 1. The minimum Gasteiger partial charge on any atom is -0.393 e. The van der Waals surface area contributed by atoms with Crippen molar-refractivity contribution in [2.24, 2.45) is 5.92 Å². The first-order chi connectivity index (χ1) is 6.53. The Morgan fingerprint density at radius 2 is 2.29 bits per heavy atom. The van der Waals surface area contributed by atoms with E-state index in [9.17, 15) is 10.2 Å².